The van der Waals surface area contributed by atoms with Crippen molar-refractivity contribution < 1.29 is 12.8 Å². The predicted octanol–water partition coefficient (Wildman–Crippen LogP) is 2.35. The Labute approximate surface area is 122 Å². The van der Waals surface area contributed by atoms with Crippen LogP contribution in [-0.4, -0.2) is 21.5 Å². The molecule has 0 aliphatic heterocycles. The molecule has 0 bridgehead atoms. The third-order valence-electron chi connectivity index (χ3n) is 3.36. The van der Waals surface area contributed by atoms with Crippen molar-refractivity contribution in [1.82, 2.24) is 10.0 Å². The van der Waals surface area contributed by atoms with E-state index in [9.17, 15) is 8.42 Å². The van der Waals surface area contributed by atoms with Crippen LogP contribution in [0.5, 0.6) is 0 Å². The van der Waals surface area contributed by atoms with E-state index in [0.717, 1.165) is 13.0 Å². The van der Waals surface area contributed by atoms with Gasteiger partial charge in [-0.25, -0.2) is 13.1 Å². The minimum absolute atomic E-state index is 0.0123. The molecule has 116 valence electrons. The van der Waals surface area contributed by atoms with E-state index in [1.807, 2.05) is 6.92 Å². The first-order valence-corrected chi connectivity index (χ1v) is 8.64. The Morgan fingerprint density at radius 3 is 2.55 bits per heavy atom. The Kier molecular flexibility index (Phi) is 6.71. The van der Waals surface area contributed by atoms with Gasteiger partial charge in [0.2, 0.25) is 5.09 Å². The summed E-state index contributed by atoms with van der Waals surface area (Å²) < 4.78 is 32.1. The Morgan fingerprint density at radius 2 is 1.95 bits per heavy atom. The SMILES string of the molecule is CCCNCc1ccc(S(=O)(=O)NCC(C)C(C)C)o1. The molecule has 0 aromatic carbocycles. The Bertz CT molecular complexity index is 494. The van der Waals surface area contributed by atoms with E-state index in [1.54, 1.807) is 6.07 Å². The van der Waals surface area contributed by atoms with E-state index in [1.165, 1.54) is 6.07 Å². The molecular formula is C14H26N2O3S. The lowest BCUT2D eigenvalue weighted by atomic mass is 9.99. The highest BCUT2D eigenvalue weighted by Gasteiger charge is 2.20. The molecule has 0 spiro atoms. The zero-order chi connectivity index (χ0) is 15.2. The summed E-state index contributed by atoms with van der Waals surface area (Å²) >= 11 is 0. The molecule has 20 heavy (non-hydrogen) atoms. The van der Waals surface area contributed by atoms with Gasteiger partial charge in [0.1, 0.15) is 5.76 Å². The summed E-state index contributed by atoms with van der Waals surface area (Å²) in [5, 5.41) is 3.16. The van der Waals surface area contributed by atoms with Gasteiger partial charge in [-0.05, 0) is 36.9 Å². The number of hydrogen-bond acceptors (Lipinski definition) is 4. The number of sulfonamides is 1. The molecule has 1 heterocycles. The maximum atomic E-state index is 12.1. The highest BCUT2D eigenvalue weighted by Crippen LogP contribution is 2.15. The smallest absolute Gasteiger partial charge is 0.273 e. The van der Waals surface area contributed by atoms with Gasteiger partial charge in [-0.3, -0.25) is 0 Å². The van der Waals surface area contributed by atoms with E-state index in [2.05, 4.69) is 30.8 Å². The second-order valence-corrected chi connectivity index (χ2v) is 7.17. The lowest BCUT2D eigenvalue weighted by Gasteiger charge is -2.15. The van der Waals surface area contributed by atoms with Crippen LogP contribution in [0.2, 0.25) is 0 Å². The molecule has 1 unspecified atom stereocenters. The van der Waals surface area contributed by atoms with Gasteiger partial charge in [0, 0.05) is 6.54 Å². The van der Waals surface area contributed by atoms with Crippen molar-refractivity contribution in [2.24, 2.45) is 11.8 Å². The van der Waals surface area contributed by atoms with Crippen LogP contribution < -0.4 is 10.0 Å². The molecule has 1 aromatic rings. The highest BCUT2D eigenvalue weighted by molar-refractivity contribution is 7.89. The zero-order valence-electron chi connectivity index (χ0n) is 12.8. The monoisotopic (exact) mass is 302 g/mol. The van der Waals surface area contributed by atoms with E-state index < -0.39 is 10.0 Å². The van der Waals surface area contributed by atoms with Crippen molar-refractivity contribution in [3.8, 4) is 0 Å². The Hall–Kier alpha value is -0.850. The molecule has 0 amide bonds. The quantitative estimate of drug-likeness (QED) is 0.687. The average Bonchev–Trinajstić information content (AvgIpc) is 2.86. The molecule has 0 fully saturated rings. The fourth-order valence-electron chi connectivity index (χ4n) is 1.53. The van der Waals surface area contributed by atoms with Crippen LogP contribution in [0.15, 0.2) is 21.6 Å². The minimum atomic E-state index is -3.54. The second-order valence-electron chi connectivity index (χ2n) is 5.47. The van der Waals surface area contributed by atoms with Gasteiger partial charge in [-0.15, -0.1) is 0 Å². The van der Waals surface area contributed by atoms with E-state index in [-0.39, 0.29) is 11.0 Å². The van der Waals surface area contributed by atoms with Crippen molar-refractivity contribution >= 4 is 10.0 Å². The van der Waals surface area contributed by atoms with Gasteiger partial charge in [-0.2, -0.15) is 0 Å². The largest absolute Gasteiger partial charge is 0.447 e. The molecule has 1 aromatic heterocycles. The van der Waals surface area contributed by atoms with E-state index in [4.69, 9.17) is 4.42 Å². The number of hydrogen-bond donors (Lipinski definition) is 2. The average molecular weight is 302 g/mol. The summed E-state index contributed by atoms with van der Waals surface area (Å²) in [4.78, 5) is 0. The molecule has 5 nitrogen and oxygen atoms in total. The summed E-state index contributed by atoms with van der Waals surface area (Å²) in [5.74, 6) is 1.35. The van der Waals surface area contributed by atoms with E-state index in [0.29, 0.717) is 24.8 Å². The maximum absolute atomic E-state index is 12.1. The van der Waals surface area contributed by atoms with Crippen molar-refractivity contribution in [2.45, 2.75) is 45.8 Å². The molecule has 0 saturated heterocycles. The summed E-state index contributed by atoms with van der Waals surface area (Å²) in [6.45, 7) is 10.1. The molecule has 0 radical (unpaired) electrons. The summed E-state index contributed by atoms with van der Waals surface area (Å²) in [5.41, 5.74) is 0. The third kappa shape index (κ3) is 5.26. The topological polar surface area (TPSA) is 71.3 Å². The predicted molar refractivity (Wildman–Crippen MR) is 79.9 cm³/mol. The first kappa shape index (κ1) is 17.2. The van der Waals surface area contributed by atoms with Crippen LogP contribution in [0, 0.1) is 11.8 Å². The first-order chi connectivity index (χ1) is 9.36. The minimum Gasteiger partial charge on any atom is -0.447 e. The van der Waals surface area contributed by atoms with Crippen molar-refractivity contribution in [3.05, 3.63) is 17.9 Å². The van der Waals surface area contributed by atoms with Gasteiger partial charge < -0.3 is 9.73 Å². The molecular weight excluding hydrogens is 276 g/mol. The fraction of sp³-hybridized carbons (Fsp3) is 0.714. The lowest BCUT2D eigenvalue weighted by Crippen LogP contribution is -2.30. The van der Waals surface area contributed by atoms with Gasteiger partial charge in [-0.1, -0.05) is 27.7 Å². The van der Waals surface area contributed by atoms with Gasteiger partial charge in [0.15, 0.2) is 0 Å². The van der Waals surface area contributed by atoms with Crippen LogP contribution in [-0.2, 0) is 16.6 Å². The summed E-state index contributed by atoms with van der Waals surface area (Å²) in [6, 6.07) is 3.20. The van der Waals surface area contributed by atoms with Crippen LogP contribution in [0.3, 0.4) is 0 Å². The van der Waals surface area contributed by atoms with Crippen molar-refractivity contribution in [2.75, 3.05) is 13.1 Å². The van der Waals surface area contributed by atoms with Gasteiger partial charge in [0.25, 0.3) is 10.0 Å². The standard InChI is InChI=1S/C14H26N2O3S/c1-5-8-15-10-13-6-7-14(19-13)20(17,18)16-9-12(4)11(2)3/h6-7,11-12,15-16H,5,8-10H2,1-4H3. The molecule has 0 saturated carbocycles. The molecule has 0 aliphatic rings. The molecule has 1 atom stereocenters. The van der Waals surface area contributed by atoms with Crippen LogP contribution in [0.4, 0.5) is 0 Å². The Balaban J connectivity index is 2.59. The third-order valence-corrected chi connectivity index (χ3v) is 4.66. The molecule has 2 N–H and O–H groups in total. The number of nitrogens with one attached hydrogen (secondary N) is 2. The fourth-order valence-corrected chi connectivity index (χ4v) is 2.62. The normalized spacial score (nSPS) is 13.8. The highest BCUT2D eigenvalue weighted by atomic mass is 32.2. The Morgan fingerprint density at radius 1 is 1.25 bits per heavy atom. The number of furan rings is 1. The number of rotatable bonds is 9. The van der Waals surface area contributed by atoms with Crippen molar-refractivity contribution in [3.63, 3.8) is 0 Å². The summed E-state index contributed by atoms with van der Waals surface area (Å²) in [7, 11) is -3.54. The zero-order valence-corrected chi connectivity index (χ0v) is 13.6. The molecule has 6 heteroatoms. The first-order valence-electron chi connectivity index (χ1n) is 7.16. The summed E-state index contributed by atoms with van der Waals surface area (Å²) in [6.07, 6.45) is 1.03. The van der Waals surface area contributed by atoms with E-state index >= 15 is 0 Å². The maximum Gasteiger partial charge on any atom is 0.273 e. The van der Waals surface area contributed by atoms with Crippen molar-refractivity contribution in [1.29, 1.82) is 0 Å². The van der Waals surface area contributed by atoms with Crippen LogP contribution >= 0.6 is 0 Å². The van der Waals surface area contributed by atoms with Gasteiger partial charge in [0.05, 0.1) is 6.54 Å². The van der Waals surface area contributed by atoms with Gasteiger partial charge >= 0.3 is 0 Å². The second kappa shape index (κ2) is 7.81. The van der Waals surface area contributed by atoms with Crippen LogP contribution in [0.25, 0.3) is 0 Å². The molecule has 0 aliphatic carbocycles. The van der Waals surface area contributed by atoms with Crippen LogP contribution in [0.1, 0.15) is 39.9 Å². The molecule has 1 rings (SSSR count). The lowest BCUT2D eigenvalue weighted by molar-refractivity contribution is 0.389.